The summed E-state index contributed by atoms with van der Waals surface area (Å²) in [5.41, 5.74) is 2.56. The van der Waals surface area contributed by atoms with E-state index in [0.29, 0.717) is 11.1 Å². The van der Waals surface area contributed by atoms with E-state index in [4.69, 9.17) is 0 Å². The summed E-state index contributed by atoms with van der Waals surface area (Å²) in [5.74, 6) is -1.77. The maximum Gasteiger partial charge on any atom is 0.335 e. The topological polar surface area (TPSA) is 74.6 Å². The number of aromatic carboxylic acids is 2. The van der Waals surface area contributed by atoms with Crippen molar-refractivity contribution in [1.29, 1.82) is 0 Å². The van der Waals surface area contributed by atoms with Gasteiger partial charge in [0.05, 0.1) is 19.2 Å². The van der Waals surface area contributed by atoms with Gasteiger partial charge in [0.15, 0.2) is 0 Å². The van der Waals surface area contributed by atoms with Crippen LogP contribution in [-0.2, 0) is 12.1 Å². The van der Waals surface area contributed by atoms with Gasteiger partial charge in [0.2, 0.25) is 0 Å². The fraction of sp³-hybridized carbons (Fsp3) is 0.300. The molecule has 0 unspecified atom stereocenters. The van der Waals surface area contributed by atoms with Crippen molar-refractivity contribution in [3.8, 4) is 0 Å². The maximum atomic E-state index is 11.5. The number of carbonyl (C=O) groups is 2. The molecule has 25 heavy (non-hydrogen) atoms. The number of rotatable bonds is 6. The zero-order chi connectivity index (χ0) is 17.9. The van der Waals surface area contributed by atoms with Gasteiger partial charge in [-0.2, -0.15) is 0 Å². The standard InChI is InChI=1S/C20H22O4Si/c21-19(22)17-9-3-1-7-15(17)13-25(11-5-6-12-25)14-16-8-2-4-10-18(16)20(23)24/h1-4,7-10H,5-6,11-14H2,(H,21,22)(H,23,24). The second kappa shape index (κ2) is 7.23. The molecule has 1 fully saturated rings. The molecule has 130 valence electrons. The zero-order valence-electron chi connectivity index (χ0n) is 14.1. The Morgan fingerprint density at radius 2 is 1.16 bits per heavy atom. The minimum Gasteiger partial charge on any atom is -0.478 e. The number of carboxylic acids is 2. The Morgan fingerprint density at radius 1 is 0.760 bits per heavy atom. The first-order chi connectivity index (χ1) is 12.0. The molecule has 5 heteroatoms. The predicted octanol–water partition coefficient (Wildman–Crippen LogP) is 4.19. The van der Waals surface area contributed by atoms with Crippen molar-refractivity contribution in [3.05, 3.63) is 70.8 Å². The fourth-order valence-electron chi connectivity index (χ4n) is 4.12. The van der Waals surface area contributed by atoms with Gasteiger partial charge >= 0.3 is 11.9 Å². The van der Waals surface area contributed by atoms with Crippen molar-refractivity contribution < 1.29 is 19.8 Å². The molecule has 1 heterocycles. The van der Waals surface area contributed by atoms with Crippen LogP contribution in [0.15, 0.2) is 48.5 Å². The highest BCUT2D eigenvalue weighted by atomic mass is 28.3. The quantitative estimate of drug-likeness (QED) is 0.763. The molecule has 0 saturated carbocycles. The lowest BCUT2D eigenvalue weighted by Crippen LogP contribution is -2.38. The highest BCUT2D eigenvalue weighted by molar-refractivity contribution is 6.79. The van der Waals surface area contributed by atoms with Crippen LogP contribution >= 0.6 is 0 Å². The van der Waals surface area contributed by atoms with E-state index in [1.165, 1.54) is 0 Å². The van der Waals surface area contributed by atoms with Gasteiger partial charge in [-0.1, -0.05) is 61.3 Å². The first-order valence-corrected chi connectivity index (χ1v) is 11.5. The molecule has 2 aromatic carbocycles. The summed E-state index contributed by atoms with van der Waals surface area (Å²) in [6.45, 7) is 0. The van der Waals surface area contributed by atoms with Crippen LogP contribution in [0, 0.1) is 0 Å². The summed E-state index contributed by atoms with van der Waals surface area (Å²) in [4.78, 5) is 23.1. The Hall–Kier alpha value is -2.40. The van der Waals surface area contributed by atoms with Gasteiger partial charge in [-0.3, -0.25) is 0 Å². The van der Waals surface area contributed by atoms with Crippen LogP contribution in [0.2, 0.25) is 12.1 Å². The highest BCUT2D eigenvalue weighted by Gasteiger charge is 2.38. The van der Waals surface area contributed by atoms with Gasteiger partial charge in [0.1, 0.15) is 0 Å². The van der Waals surface area contributed by atoms with E-state index in [1.807, 2.05) is 24.3 Å². The van der Waals surface area contributed by atoms with Crippen molar-refractivity contribution >= 4 is 20.0 Å². The van der Waals surface area contributed by atoms with Crippen molar-refractivity contribution in [2.45, 2.75) is 37.0 Å². The van der Waals surface area contributed by atoms with E-state index in [0.717, 1.165) is 48.1 Å². The average Bonchev–Trinajstić information content (AvgIpc) is 3.03. The largest absolute Gasteiger partial charge is 0.478 e. The molecule has 1 aliphatic rings. The van der Waals surface area contributed by atoms with E-state index in [2.05, 4.69) is 0 Å². The Morgan fingerprint density at radius 3 is 1.56 bits per heavy atom. The van der Waals surface area contributed by atoms with Gasteiger partial charge in [-0.25, -0.2) is 9.59 Å². The Balaban J connectivity index is 1.94. The van der Waals surface area contributed by atoms with E-state index < -0.39 is 20.0 Å². The van der Waals surface area contributed by atoms with Crippen molar-refractivity contribution in [2.75, 3.05) is 0 Å². The number of carboxylic acid groups (broad SMARTS) is 2. The van der Waals surface area contributed by atoms with Crippen molar-refractivity contribution in [3.63, 3.8) is 0 Å². The summed E-state index contributed by atoms with van der Waals surface area (Å²) in [7, 11) is -1.80. The molecular weight excluding hydrogens is 332 g/mol. The molecule has 4 nitrogen and oxygen atoms in total. The van der Waals surface area contributed by atoms with E-state index >= 15 is 0 Å². The van der Waals surface area contributed by atoms with Gasteiger partial charge in [0, 0.05) is 0 Å². The van der Waals surface area contributed by atoms with Crippen LogP contribution in [0.3, 0.4) is 0 Å². The molecule has 2 N–H and O–H groups in total. The molecule has 0 atom stereocenters. The Labute approximate surface area is 148 Å². The molecule has 0 bridgehead atoms. The molecule has 0 aromatic heterocycles. The summed E-state index contributed by atoms with van der Waals surface area (Å²) in [6, 6.07) is 18.4. The fourth-order valence-corrected chi connectivity index (χ4v) is 9.43. The summed E-state index contributed by atoms with van der Waals surface area (Å²) in [5, 5.41) is 18.9. The Bertz CT molecular complexity index is 732. The van der Waals surface area contributed by atoms with Crippen LogP contribution < -0.4 is 0 Å². The molecule has 1 aliphatic heterocycles. The van der Waals surface area contributed by atoms with Gasteiger partial charge in [0.25, 0.3) is 0 Å². The molecule has 2 aromatic rings. The van der Waals surface area contributed by atoms with Crippen LogP contribution in [0.5, 0.6) is 0 Å². The first kappa shape index (κ1) is 17.4. The third kappa shape index (κ3) is 3.82. The summed E-state index contributed by atoms with van der Waals surface area (Å²) < 4.78 is 0. The number of benzene rings is 2. The summed E-state index contributed by atoms with van der Waals surface area (Å²) in [6.07, 6.45) is 2.33. The zero-order valence-corrected chi connectivity index (χ0v) is 15.1. The molecule has 0 aliphatic carbocycles. The summed E-state index contributed by atoms with van der Waals surface area (Å²) >= 11 is 0. The Kier molecular flexibility index (Phi) is 5.04. The first-order valence-electron chi connectivity index (χ1n) is 8.63. The van der Waals surface area contributed by atoms with Crippen molar-refractivity contribution in [1.82, 2.24) is 0 Å². The average molecular weight is 354 g/mol. The smallest absolute Gasteiger partial charge is 0.335 e. The molecule has 0 radical (unpaired) electrons. The minimum absolute atomic E-state index is 0.382. The molecular formula is C20H22O4Si. The molecule has 0 amide bonds. The molecule has 0 spiro atoms. The second-order valence-electron chi connectivity index (χ2n) is 6.99. The highest BCUT2D eigenvalue weighted by Crippen LogP contribution is 2.36. The SMILES string of the molecule is O=C(O)c1ccccc1C[Si]1(Cc2ccccc2C(=O)O)CCCC1. The lowest BCUT2D eigenvalue weighted by Gasteiger charge is -2.28. The molecule has 1 saturated heterocycles. The number of hydrogen-bond acceptors (Lipinski definition) is 2. The van der Waals surface area contributed by atoms with Gasteiger partial charge in [-0.05, 0) is 35.3 Å². The van der Waals surface area contributed by atoms with Crippen LogP contribution in [0.25, 0.3) is 0 Å². The lowest BCUT2D eigenvalue weighted by atomic mass is 10.1. The normalized spacial score (nSPS) is 15.8. The maximum absolute atomic E-state index is 11.5. The monoisotopic (exact) mass is 354 g/mol. The molecule has 3 rings (SSSR count). The second-order valence-corrected chi connectivity index (χ2v) is 11.7. The third-order valence-electron chi connectivity index (χ3n) is 5.29. The van der Waals surface area contributed by atoms with Gasteiger partial charge in [-0.15, -0.1) is 0 Å². The lowest BCUT2D eigenvalue weighted by molar-refractivity contribution is 0.0685. The van der Waals surface area contributed by atoms with E-state index in [1.54, 1.807) is 24.3 Å². The minimum atomic E-state index is -1.80. The predicted molar refractivity (Wildman–Crippen MR) is 98.8 cm³/mol. The van der Waals surface area contributed by atoms with Crippen LogP contribution in [0.1, 0.15) is 44.7 Å². The van der Waals surface area contributed by atoms with E-state index in [9.17, 15) is 19.8 Å². The van der Waals surface area contributed by atoms with E-state index in [-0.39, 0.29) is 0 Å². The number of hydrogen-bond donors (Lipinski definition) is 2. The van der Waals surface area contributed by atoms with Crippen LogP contribution in [0.4, 0.5) is 0 Å². The van der Waals surface area contributed by atoms with Gasteiger partial charge < -0.3 is 10.2 Å². The van der Waals surface area contributed by atoms with Crippen LogP contribution in [-0.4, -0.2) is 30.2 Å². The third-order valence-corrected chi connectivity index (χ3v) is 10.4. The van der Waals surface area contributed by atoms with Crippen molar-refractivity contribution in [2.24, 2.45) is 0 Å².